The van der Waals surface area contributed by atoms with E-state index in [1.807, 2.05) is 25.1 Å². The second kappa shape index (κ2) is 4.20. The van der Waals surface area contributed by atoms with E-state index in [9.17, 15) is 15.8 Å². The zero-order valence-electron chi connectivity index (χ0n) is 11.7. The summed E-state index contributed by atoms with van der Waals surface area (Å²) in [7, 11) is 0. The molecular weight excluding hydrogens is 256 g/mol. The summed E-state index contributed by atoms with van der Waals surface area (Å²) in [5, 5.41) is 37.0. The minimum Gasteiger partial charge on any atom is -0.448 e. The van der Waals surface area contributed by atoms with Gasteiger partial charge in [0.05, 0.1) is 30.2 Å². The largest absolute Gasteiger partial charge is 0.448 e. The Morgan fingerprint density at radius 3 is 2.30 bits per heavy atom. The maximum atomic E-state index is 9.68. The zero-order chi connectivity index (χ0) is 15.2. The molecule has 0 aliphatic carbocycles. The molecule has 3 heterocycles. The van der Waals surface area contributed by atoms with Crippen LogP contribution in [0.5, 0.6) is 0 Å². The van der Waals surface area contributed by atoms with E-state index in [-0.39, 0.29) is 5.90 Å². The van der Waals surface area contributed by atoms with Gasteiger partial charge in [0.2, 0.25) is 11.7 Å². The van der Waals surface area contributed by atoms with Crippen molar-refractivity contribution in [1.29, 1.82) is 21.2 Å². The van der Waals surface area contributed by atoms with Crippen LogP contribution in [-0.2, 0) is 9.47 Å². The summed E-state index contributed by atoms with van der Waals surface area (Å²) in [6.07, 6.45) is 0.533. The summed E-state index contributed by atoms with van der Waals surface area (Å²) in [5.41, 5.74) is -3.30. The maximum absolute atomic E-state index is 9.68. The van der Waals surface area contributed by atoms with E-state index in [2.05, 4.69) is 0 Å². The van der Waals surface area contributed by atoms with Crippen LogP contribution in [-0.4, -0.2) is 17.8 Å². The molecular formula is C14H16N4O2. The van der Waals surface area contributed by atoms with Crippen molar-refractivity contribution in [2.45, 2.75) is 45.5 Å². The highest BCUT2D eigenvalue weighted by Crippen LogP contribution is 2.62. The topological polar surface area (TPSA) is 114 Å². The third-order valence-electron chi connectivity index (χ3n) is 4.66. The zero-order valence-corrected chi connectivity index (χ0v) is 11.7. The minimum absolute atomic E-state index is 0.326. The lowest BCUT2D eigenvalue weighted by Crippen LogP contribution is -2.73. The summed E-state index contributed by atoms with van der Waals surface area (Å²) >= 11 is 0. The number of nitrogens with one attached hydrogen (secondary N) is 1. The van der Waals surface area contributed by atoms with Gasteiger partial charge in [0.15, 0.2) is 10.8 Å². The number of rotatable bonds is 2. The van der Waals surface area contributed by atoms with Gasteiger partial charge in [-0.2, -0.15) is 15.8 Å². The third-order valence-corrected chi connectivity index (χ3v) is 4.66. The van der Waals surface area contributed by atoms with Crippen molar-refractivity contribution in [3.05, 3.63) is 0 Å². The van der Waals surface area contributed by atoms with Gasteiger partial charge in [0.25, 0.3) is 0 Å². The Morgan fingerprint density at radius 2 is 1.85 bits per heavy atom. The molecule has 0 saturated carbocycles. The Bertz CT molecular complexity index is 567. The van der Waals surface area contributed by atoms with Crippen LogP contribution in [0.15, 0.2) is 0 Å². The lowest BCUT2D eigenvalue weighted by molar-refractivity contribution is -0.336. The molecule has 2 bridgehead atoms. The molecule has 1 N–H and O–H groups in total. The summed E-state index contributed by atoms with van der Waals surface area (Å²) < 4.78 is 11.3. The summed E-state index contributed by atoms with van der Waals surface area (Å²) in [5.74, 6) is -2.18. The molecule has 3 aliphatic heterocycles. The number of hydrogen-bond donors (Lipinski definition) is 1. The van der Waals surface area contributed by atoms with Gasteiger partial charge in [0, 0.05) is 6.92 Å². The number of hydrogen-bond acceptors (Lipinski definition) is 6. The molecule has 20 heavy (non-hydrogen) atoms. The maximum Gasteiger partial charge on any atom is 0.214 e. The predicted octanol–water partition coefficient (Wildman–Crippen LogP) is 2.09. The van der Waals surface area contributed by atoms with Crippen molar-refractivity contribution in [3.63, 3.8) is 0 Å². The van der Waals surface area contributed by atoms with Crippen LogP contribution in [0.1, 0.15) is 33.6 Å². The summed E-state index contributed by atoms with van der Waals surface area (Å²) in [6.45, 7) is 5.21. The van der Waals surface area contributed by atoms with Crippen LogP contribution in [0, 0.1) is 56.2 Å². The molecule has 0 aromatic heterocycles. The fourth-order valence-corrected chi connectivity index (χ4v) is 3.33. The van der Waals surface area contributed by atoms with Crippen LogP contribution >= 0.6 is 0 Å². The van der Waals surface area contributed by atoms with Crippen molar-refractivity contribution < 1.29 is 9.47 Å². The van der Waals surface area contributed by atoms with Crippen LogP contribution < -0.4 is 0 Å². The SMILES string of the molecule is CCC[C@@H]1O[C@@]2(C)OC(=N)[C@@]1(C#N)C(C#N)(C#N)[C@@H]2C. The minimum atomic E-state index is -1.66. The van der Waals surface area contributed by atoms with Crippen molar-refractivity contribution >= 4 is 5.90 Å². The summed E-state index contributed by atoms with van der Waals surface area (Å²) in [4.78, 5) is 0. The Hall–Kier alpha value is -2.10. The van der Waals surface area contributed by atoms with E-state index < -0.39 is 28.6 Å². The van der Waals surface area contributed by atoms with Crippen LogP contribution in [0.4, 0.5) is 0 Å². The lowest BCUT2D eigenvalue weighted by Gasteiger charge is -2.60. The highest BCUT2D eigenvalue weighted by atomic mass is 16.7. The molecule has 4 atom stereocenters. The number of ether oxygens (including phenoxy) is 2. The molecule has 0 unspecified atom stereocenters. The first-order valence-electron chi connectivity index (χ1n) is 6.58. The quantitative estimate of drug-likeness (QED) is 0.826. The van der Waals surface area contributed by atoms with E-state index in [0.717, 1.165) is 6.42 Å². The molecule has 6 heteroatoms. The Kier molecular flexibility index (Phi) is 3.00. The number of nitrogens with zero attached hydrogens (tertiary/aromatic N) is 3. The highest BCUT2D eigenvalue weighted by molar-refractivity contribution is 5.88. The van der Waals surface area contributed by atoms with Gasteiger partial charge in [-0.15, -0.1) is 0 Å². The Labute approximate surface area is 118 Å². The summed E-state index contributed by atoms with van der Waals surface area (Å²) in [6, 6.07) is 6.01. The monoisotopic (exact) mass is 272 g/mol. The van der Waals surface area contributed by atoms with Crippen LogP contribution in [0.2, 0.25) is 0 Å². The van der Waals surface area contributed by atoms with Crippen LogP contribution in [0.3, 0.4) is 0 Å². The number of fused-ring (bicyclic) bond motifs is 3. The normalized spacial score (nSPS) is 41.1. The Balaban J connectivity index is 2.76. The molecule has 0 aromatic rings. The van der Waals surface area contributed by atoms with E-state index >= 15 is 0 Å². The molecule has 0 spiro atoms. The van der Waals surface area contributed by atoms with Gasteiger partial charge in [-0.1, -0.05) is 20.3 Å². The predicted molar refractivity (Wildman–Crippen MR) is 67.9 cm³/mol. The first-order chi connectivity index (χ1) is 9.38. The second-order valence-corrected chi connectivity index (χ2v) is 5.52. The van der Waals surface area contributed by atoms with E-state index in [0.29, 0.717) is 6.42 Å². The average molecular weight is 272 g/mol. The Morgan fingerprint density at radius 1 is 1.25 bits per heavy atom. The van der Waals surface area contributed by atoms with Gasteiger partial charge in [-0.05, 0) is 6.42 Å². The lowest BCUT2D eigenvalue weighted by atomic mass is 9.51. The molecule has 6 nitrogen and oxygen atoms in total. The second-order valence-electron chi connectivity index (χ2n) is 5.52. The van der Waals surface area contributed by atoms with Gasteiger partial charge >= 0.3 is 0 Å². The van der Waals surface area contributed by atoms with Crippen molar-refractivity contribution in [1.82, 2.24) is 0 Å². The van der Waals surface area contributed by atoms with Crippen molar-refractivity contribution in [2.75, 3.05) is 0 Å². The van der Waals surface area contributed by atoms with Gasteiger partial charge in [0.1, 0.15) is 0 Å². The first-order valence-corrected chi connectivity index (χ1v) is 6.58. The molecule has 104 valence electrons. The molecule has 3 aliphatic rings. The smallest absolute Gasteiger partial charge is 0.214 e. The molecule has 0 radical (unpaired) electrons. The van der Waals surface area contributed by atoms with E-state index in [1.165, 1.54) is 0 Å². The molecule has 3 fully saturated rings. The van der Waals surface area contributed by atoms with E-state index in [4.69, 9.17) is 14.9 Å². The highest BCUT2D eigenvalue weighted by Gasteiger charge is 2.77. The van der Waals surface area contributed by atoms with Crippen molar-refractivity contribution in [3.8, 4) is 18.2 Å². The van der Waals surface area contributed by atoms with E-state index in [1.54, 1.807) is 13.8 Å². The van der Waals surface area contributed by atoms with Crippen molar-refractivity contribution in [2.24, 2.45) is 16.7 Å². The number of nitriles is 3. The molecule has 3 saturated heterocycles. The van der Waals surface area contributed by atoms with Crippen LogP contribution in [0.25, 0.3) is 0 Å². The molecule has 0 amide bonds. The van der Waals surface area contributed by atoms with Gasteiger partial charge < -0.3 is 9.47 Å². The fourth-order valence-electron chi connectivity index (χ4n) is 3.33. The standard InChI is InChI=1S/C14H16N4O2/c1-4-5-10-14(8-17)11(18)20-12(3,19-10)9(2)13(14,6-15)7-16/h9-10,18H,4-5H2,1-3H3/t9-,10+,12+,14+/m1/s1. The third kappa shape index (κ3) is 1.26. The van der Waals surface area contributed by atoms with Gasteiger partial charge in [-0.25, -0.2) is 0 Å². The fraction of sp³-hybridized carbons (Fsp3) is 0.714. The first kappa shape index (κ1) is 14.3. The molecule has 0 aromatic carbocycles. The average Bonchev–Trinajstić information content (AvgIpc) is 2.42. The van der Waals surface area contributed by atoms with Gasteiger partial charge in [-0.3, -0.25) is 5.41 Å². The molecule has 3 rings (SSSR count).